The average molecular weight is 356 g/mol. The van der Waals surface area contributed by atoms with E-state index in [1.807, 2.05) is 26.0 Å². The number of hydrogen-bond donors (Lipinski definition) is 2. The van der Waals surface area contributed by atoms with Gasteiger partial charge in [-0.25, -0.2) is 4.79 Å². The minimum atomic E-state index is -0.637. The molecule has 0 aliphatic carbocycles. The molecule has 0 saturated carbocycles. The molecule has 0 saturated heterocycles. The topological polar surface area (TPSA) is 108 Å². The minimum Gasteiger partial charge on any atom is -0.484 e. The van der Waals surface area contributed by atoms with Gasteiger partial charge in [0.2, 0.25) is 0 Å². The number of nitrogens with two attached hydrogens (primary N) is 1. The monoisotopic (exact) mass is 356 g/mol. The molecular formula is C19H20N2O5. The zero-order valence-corrected chi connectivity index (χ0v) is 14.6. The van der Waals surface area contributed by atoms with E-state index in [1.54, 1.807) is 6.07 Å². The van der Waals surface area contributed by atoms with Gasteiger partial charge in [0.05, 0.1) is 5.56 Å². The Morgan fingerprint density at radius 1 is 1.00 bits per heavy atom. The maximum Gasteiger partial charge on any atom is 0.338 e. The van der Waals surface area contributed by atoms with Gasteiger partial charge in [-0.05, 0) is 49.7 Å². The molecule has 26 heavy (non-hydrogen) atoms. The molecule has 0 atom stereocenters. The first kappa shape index (κ1) is 19.0. The average Bonchev–Trinajstić information content (AvgIpc) is 2.60. The summed E-state index contributed by atoms with van der Waals surface area (Å²) in [5.41, 5.74) is 7.94. The van der Waals surface area contributed by atoms with Crippen molar-refractivity contribution >= 4 is 23.5 Å². The third-order valence-electron chi connectivity index (χ3n) is 3.46. The number of rotatable bonds is 7. The quantitative estimate of drug-likeness (QED) is 0.738. The number of carbonyl (C=O) groups excluding carboxylic acids is 3. The first-order chi connectivity index (χ1) is 12.3. The first-order valence-corrected chi connectivity index (χ1v) is 7.90. The predicted molar refractivity (Wildman–Crippen MR) is 96.0 cm³/mol. The van der Waals surface area contributed by atoms with E-state index in [-0.39, 0.29) is 12.2 Å². The Bertz CT molecular complexity index is 815. The summed E-state index contributed by atoms with van der Waals surface area (Å²) in [6.07, 6.45) is 0. The van der Waals surface area contributed by atoms with Crippen molar-refractivity contribution in [2.24, 2.45) is 5.73 Å². The molecule has 0 radical (unpaired) electrons. The Morgan fingerprint density at radius 3 is 2.31 bits per heavy atom. The van der Waals surface area contributed by atoms with Crippen molar-refractivity contribution in [1.29, 1.82) is 0 Å². The van der Waals surface area contributed by atoms with Crippen LogP contribution in [0.2, 0.25) is 0 Å². The van der Waals surface area contributed by atoms with Crippen LogP contribution in [0.3, 0.4) is 0 Å². The van der Waals surface area contributed by atoms with Crippen molar-refractivity contribution in [1.82, 2.24) is 0 Å². The number of nitrogens with one attached hydrogen (secondary N) is 1. The third-order valence-corrected chi connectivity index (χ3v) is 3.46. The second kappa shape index (κ2) is 8.66. The van der Waals surface area contributed by atoms with E-state index >= 15 is 0 Å². The van der Waals surface area contributed by atoms with Gasteiger partial charge in [0, 0.05) is 5.69 Å². The minimum absolute atomic E-state index is 0.248. The maximum atomic E-state index is 12.0. The van der Waals surface area contributed by atoms with Crippen LogP contribution in [0.25, 0.3) is 0 Å². The fraction of sp³-hybridized carbons (Fsp3) is 0.211. The number of amides is 2. The lowest BCUT2D eigenvalue weighted by Crippen LogP contribution is -2.21. The van der Waals surface area contributed by atoms with Gasteiger partial charge in [-0.15, -0.1) is 0 Å². The zero-order chi connectivity index (χ0) is 19.1. The highest BCUT2D eigenvalue weighted by molar-refractivity contribution is 5.96. The molecule has 0 bridgehead atoms. The van der Waals surface area contributed by atoms with Crippen LogP contribution >= 0.6 is 0 Å². The van der Waals surface area contributed by atoms with Gasteiger partial charge in [-0.2, -0.15) is 0 Å². The zero-order valence-electron chi connectivity index (χ0n) is 14.6. The summed E-state index contributed by atoms with van der Waals surface area (Å²) < 4.78 is 10.1. The number of esters is 1. The fourth-order valence-corrected chi connectivity index (χ4v) is 2.20. The summed E-state index contributed by atoms with van der Waals surface area (Å²) in [6.45, 7) is 3.20. The Balaban J connectivity index is 1.85. The summed E-state index contributed by atoms with van der Waals surface area (Å²) in [7, 11) is 0. The van der Waals surface area contributed by atoms with Crippen molar-refractivity contribution in [3.8, 4) is 5.75 Å². The van der Waals surface area contributed by atoms with Gasteiger partial charge >= 0.3 is 5.97 Å². The molecule has 0 aliphatic heterocycles. The molecule has 0 heterocycles. The van der Waals surface area contributed by atoms with Gasteiger partial charge in [0.25, 0.3) is 11.8 Å². The summed E-state index contributed by atoms with van der Waals surface area (Å²) >= 11 is 0. The van der Waals surface area contributed by atoms with Gasteiger partial charge in [-0.3, -0.25) is 9.59 Å². The van der Waals surface area contributed by atoms with E-state index in [0.29, 0.717) is 11.4 Å². The van der Waals surface area contributed by atoms with Crippen molar-refractivity contribution < 1.29 is 23.9 Å². The number of carbonyl (C=O) groups is 3. The molecule has 2 amide bonds. The summed E-state index contributed by atoms with van der Waals surface area (Å²) in [6, 6.07) is 11.6. The van der Waals surface area contributed by atoms with E-state index in [2.05, 4.69) is 5.32 Å². The highest BCUT2D eigenvalue weighted by atomic mass is 16.5. The Kier molecular flexibility index (Phi) is 6.32. The van der Waals surface area contributed by atoms with Crippen molar-refractivity contribution in [2.75, 3.05) is 18.5 Å². The fourth-order valence-electron chi connectivity index (χ4n) is 2.20. The lowest BCUT2D eigenvalue weighted by molar-refractivity contribution is -0.120. The van der Waals surface area contributed by atoms with Gasteiger partial charge in [0.15, 0.2) is 13.2 Å². The van der Waals surface area contributed by atoms with E-state index in [9.17, 15) is 14.4 Å². The van der Waals surface area contributed by atoms with Gasteiger partial charge in [-0.1, -0.05) is 17.7 Å². The van der Waals surface area contributed by atoms with Crippen molar-refractivity contribution in [3.05, 3.63) is 59.2 Å². The van der Waals surface area contributed by atoms with Gasteiger partial charge < -0.3 is 20.5 Å². The molecule has 7 nitrogen and oxygen atoms in total. The lowest BCUT2D eigenvalue weighted by atomic mass is 10.1. The second-order valence-corrected chi connectivity index (χ2v) is 5.72. The van der Waals surface area contributed by atoms with Crippen LogP contribution in [0.4, 0.5) is 5.69 Å². The molecule has 0 aliphatic rings. The number of anilines is 1. The molecule has 2 rings (SSSR count). The van der Waals surface area contributed by atoms with Crippen molar-refractivity contribution in [3.63, 3.8) is 0 Å². The van der Waals surface area contributed by atoms with E-state index in [1.165, 1.54) is 24.3 Å². The largest absolute Gasteiger partial charge is 0.484 e. The maximum absolute atomic E-state index is 12.0. The van der Waals surface area contributed by atoms with E-state index < -0.39 is 24.4 Å². The molecular weight excluding hydrogens is 336 g/mol. The van der Waals surface area contributed by atoms with Crippen LogP contribution in [0.5, 0.6) is 5.75 Å². The molecule has 0 fully saturated rings. The number of ether oxygens (including phenoxy) is 2. The molecule has 136 valence electrons. The number of benzene rings is 2. The van der Waals surface area contributed by atoms with E-state index in [0.717, 1.165) is 11.1 Å². The van der Waals surface area contributed by atoms with Crippen LogP contribution in [0.15, 0.2) is 42.5 Å². The van der Waals surface area contributed by atoms with Gasteiger partial charge in [0.1, 0.15) is 5.75 Å². The smallest absolute Gasteiger partial charge is 0.338 e. The molecule has 0 spiro atoms. The first-order valence-electron chi connectivity index (χ1n) is 7.90. The normalized spacial score (nSPS) is 10.1. The SMILES string of the molecule is Cc1ccc(NC(=O)COC(=O)c2ccc(OCC(N)=O)cc2)c(C)c1. The molecule has 0 aromatic heterocycles. The second-order valence-electron chi connectivity index (χ2n) is 5.72. The Labute approximate surface area is 151 Å². The molecule has 7 heteroatoms. The van der Waals surface area contributed by atoms with E-state index in [4.69, 9.17) is 15.2 Å². The standard InChI is InChI=1S/C19H20N2O5/c1-12-3-8-16(13(2)9-12)21-18(23)11-26-19(24)14-4-6-15(7-5-14)25-10-17(20)22/h3-9H,10-11H2,1-2H3,(H2,20,22)(H,21,23). The summed E-state index contributed by atoms with van der Waals surface area (Å²) in [4.78, 5) is 34.6. The van der Waals surface area contributed by atoms with Crippen molar-refractivity contribution in [2.45, 2.75) is 13.8 Å². The van der Waals surface area contributed by atoms with Crippen LogP contribution in [0.1, 0.15) is 21.5 Å². The van der Waals surface area contributed by atoms with Crippen LogP contribution in [-0.4, -0.2) is 31.0 Å². The third kappa shape index (κ3) is 5.62. The molecule has 2 aromatic carbocycles. The Hall–Kier alpha value is -3.35. The van der Waals surface area contributed by atoms with Crippen LogP contribution in [-0.2, 0) is 14.3 Å². The summed E-state index contributed by atoms with van der Waals surface area (Å²) in [5, 5.41) is 2.70. The highest BCUT2D eigenvalue weighted by Gasteiger charge is 2.11. The molecule has 2 aromatic rings. The highest BCUT2D eigenvalue weighted by Crippen LogP contribution is 2.16. The summed E-state index contributed by atoms with van der Waals surface area (Å²) in [5.74, 6) is -1.26. The van der Waals surface area contributed by atoms with Crippen LogP contribution < -0.4 is 15.8 Å². The lowest BCUT2D eigenvalue weighted by Gasteiger charge is -2.10. The molecule has 0 unspecified atom stereocenters. The number of primary amides is 1. The Morgan fingerprint density at radius 2 is 1.69 bits per heavy atom. The predicted octanol–water partition coefficient (Wildman–Crippen LogP) is 1.96. The number of aryl methyl sites for hydroxylation is 2. The number of hydrogen-bond acceptors (Lipinski definition) is 5. The molecule has 3 N–H and O–H groups in total. The van der Waals surface area contributed by atoms with Crippen LogP contribution in [0, 0.1) is 13.8 Å².